The molecular formula is C101H104F7N12O14P. The summed E-state index contributed by atoms with van der Waals surface area (Å²) in [5.41, 5.74) is 11.4. The van der Waals surface area contributed by atoms with Gasteiger partial charge in [0.05, 0.1) is 114 Å². The Kier molecular flexibility index (Phi) is 37.5. The van der Waals surface area contributed by atoms with Gasteiger partial charge in [0.1, 0.15) is 29.0 Å². The van der Waals surface area contributed by atoms with Crippen molar-refractivity contribution in [2.45, 2.75) is 151 Å². The lowest BCUT2D eigenvalue weighted by Gasteiger charge is -2.15. The Labute approximate surface area is 776 Å². The highest BCUT2D eigenvalue weighted by atomic mass is 31.2. The van der Waals surface area contributed by atoms with Crippen LogP contribution in [0.5, 0.6) is 11.5 Å². The lowest BCUT2D eigenvalue weighted by atomic mass is 9.98. The molecule has 34 heteroatoms. The summed E-state index contributed by atoms with van der Waals surface area (Å²) in [6.45, 7) is 14.9. The molecule has 0 radical (unpaired) electrons. The number of phosphoric ester groups is 1. The molecule has 5 heterocycles. The first kappa shape index (κ1) is 102. The number of alkyl halides is 6. The fraction of sp³-hybridized carbons (Fsp3) is 0.307. The van der Waals surface area contributed by atoms with E-state index in [-0.39, 0.29) is 124 Å². The largest absolute Gasteiger partial charge is 0.474 e. The molecule has 1 aliphatic heterocycles. The molecule has 0 amide bonds. The zero-order chi connectivity index (χ0) is 96.4. The number of hydrogen-bond acceptors (Lipinski definition) is 22. The number of nitrogens with zero attached hydrogens (tertiary/aromatic N) is 12. The van der Waals surface area contributed by atoms with E-state index >= 15 is 0 Å². The average Bonchev–Trinajstić information content (AvgIpc) is 1.74. The Balaban J connectivity index is 0.000000175. The number of hydrogen-bond donors (Lipinski definition) is 0. The number of aryl methyl sites for hydroxylation is 2. The minimum Gasteiger partial charge on any atom is -0.465 e. The van der Waals surface area contributed by atoms with Crippen LogP contribution in [0, 0.1) is 24.6 Å². The molecule has 0 N–H and O–H groups in total. The highest BCUT2D eigenvalue weighted by molar-refractivity contribution is 7.48. The lowest BCUT2D eigenvalue weighted by Crippen LogP contribution is -2.13. The van der Waals surface area contributed by atoms with Crippen molar-refractivity contribution in [1.82, 2.24) is 60.0 Å². The third kappa shape index (κ3) is 33.1. The second-order valence-electron chi connectivity index (χ2n) is 32.4. The molecule has 26 nitrogen and oxygen atoms in total. The molecular weight excluding hydrogens is 1770 g/mol. The van der Waals surface area contributed by atoms with Gasteiger partial charge in [-0.3, -0.25) is 37.5 Å². The van der Waals surface area contributed by atoms with Gasteiger partial charge in [-0.25, -0.2) is 32.5 Å². The van der Waals surface area contributed by atoms with Gasteiger partial charge in [-0.1, -0.05) is 176 Å². The van der Waals surface area contributed by atoms with Crippen molar-refractivity contribution in [2.24, 2.45) is 11.8 Å². The summed E-state index contributed by atoms with van der Waals surface area (Å²) in [6, 6.07) is 59.0. The summed E-state index contributed by atoms with van der Waals surface area (Å²) in [6.07, 6.45) is 5.52. The van der Waals surface area contributed by atoms with Crippen LogP contribution in [-0.2, 0) is 146 Å². The Morgan fingerprint density at radius 2 is 0.815 bits per heavy atom. The molecule has 0 saturated heterocycles. The van der Waals surface area contributed by atoms with Crippen LogP contribution in [0.4, 0.5) is 30.7 Å². The maximum atomic E-state index is 13.2. The third-order valence-electron chi connectivity index (χ3n) is 20.7. The molecule has 4 aromatic heterocycles. The van der Waals surface area contributed by atoms with Gasteiger partial charge in [0.2, 0.25) is 6.79 Å². The van der Waals surface area contributed by atoms with E-state index in [1.54, 1.807) is 136 Å². The predicted octanol–water partition coefficient (Wildman–Crippen LogP) is 19.0. The van der Waals surface area contributed by atoms with E-state index in [2.05, 4.69) is 55.1 Å². The van der Waals surface area contributed by atoms with E-state index in [9.17, 15) is 64.1 Å². The fourth-order valence-corrected chi connectivity index (χ4v) is 15.1. The SMILES string of the molecule is CC(C)CC(=O)OCCc1cn(-c2ccc(CC(=O)Cc3ccccc3C(F)(F)F)cc2)nn1.CC(C)CCc1cn(-c2ccc(CC(=O)Cc3cccc(F)c3)cc2)nn1.CCOP(=O)(OCC)OCCc1cn(-c2ccc(CC(=O)Cc3ccccc3C)cc2)nn1.O=C(Cc1ccc(-n2cc(CCOC(=O)/C=C/c3ccc4c(c3)OCO4)nn2)cc1)Cc1ccccc1C(F)(F)F. The fourth-order valence-electron chi connectivity index (χ4n) is 13.9. The molecule has 9 aromatic carbocycles. The average molecular weight is 1870 g/mol. The quantitative estimate of drug-likeness (QED) is 0.0149. The maximum absolute atomic E-state index is 13.2. The van der Waals surface area contributed by atoms with E-state index in [1.807, 2.05) is 99.8 Å². The predicted molar refractivity (Wildman–Crippen MR) is 490 cm³/mol. The number of rotatable bonds is 41. The van der Waals surface area contributed by atoms with Crippen LogP contribution < -0.4 is 9.47 Å². The van der Waals surface area contributed by atoms with Crippen LogP contribution in [0.25, 0.3) is 28.8 Å². The van der Waals surface area contributed by atoms with Crippen LogP contribution in [-0.4, -0.2) is 135 Å². The van der Waals surface area contributed by atoms with Gasteiger partial charge in [-0.2, -0.15) is 26.3 Å². The summed E-state index contributed by atoms with van der Waals surface area (Å²) in [5.74, 6) is 0.716. The molecule has 0 bridgehead atoms. The normalized spacial score (nSPS) is 11.8. The van der Waals surface area contributed by atoms with Gasteiger partial charge in [-0.05, 0) is 192 Å². The molecule has 14 rings (SSSR count). The minimum atomic E-state index is -4.51. The first-order valence-electron chi connectivity index (χ1n) is 43.9. The molecule has 0 saturated carbocycles. The first-order valence-corrected chi connectivity index (χ1v) is 45.4. The first-order chi connectivity index (χ1) is 64.8. The van der Waals surface area contributed by atoms with Gasteiger partial charge >= 0.3 is 32.1 Å². The lowest BCUT2D eigenvalue weighted by molar-refractivity contribution is -0.144. The summed E-state index contributed by atoms with van der Waals surface area (Å²) in [4.78, 5) is 73.2. The van der Waals surface area contributed by atoms with Gasteiger partial charge in [-0.15, -0.1) is 20.4 Å². The van der Waals surface area contributed by atoms with Crippen LogP contribution >= 0.6 is 7.82 Å². The number of aromatic nitrogens is 12. The van der Waals surface area contributed by atoms with E-state index in [0.717, 1.165) is 69.9 Å². The van der Waals surface area contributed by atoms with Crippen molar-refractivity contribution in [3.63, 3.8) is 0 Å². The van der Waals surface area contributed by atoms with Crippen LogP contribution in [0.15, 0.2) is 243 Å². The van der Waals surface area contributed by atoms with Crippen molar-refractivity contribution in [1.29, 1.82) is 0 Å². The molecule has 1 aliphatic rings. The highest BCUT2D eigenvalue weighted by Gasteiger charge is 2.35. The van der Waals surface area contributed by atoms with Gasteiger partial charge < -0.3 is 18.9 Å². The minimum absolute atomic E-state index is 0.00353. The van der Waals surface area contributed by atoms with E-state index in [1.165, 1.54) is 54.6 Å². The summed E-state index contributed by atoms with van der Waals surface area (Å²) in [5, 5.41) is 33.0. The zero-order valence-corrected chi connectivity index (χ0v) is 76.5. The number of halogens is 7. The van der Waals surface area contributed by atoms with E-state index in [4.69, 9.17) is 32.5 Å². The van der Waals surface area contributed by atoms with Crippen molar-refractivity contribution in [2.75, 3.05) is 39.8 Å². The Morgan fingerprint density at radius 3 is 1.24 bits per heavy atom. The van der Waals surface area contributed by atoms with Gasteiger partial charge in [0.15, 0.2) is 11.5 Å². The topological polar surface area (TPSA) is 307 Å². The number of fused-ring (bicyclic) bond motifs is 1. The number of Topliss-reactive ketones (excluding diaryl/α,β-unsaturated/α-hetero) is 4. The van der Waals surface area contributed by atoms with Crippen molar-refractivity contribution >= 4 is 49.0 Å². The summed E-state index contributed by atoms with van der Waals surface area (Å²) < 4.78 is 148. The highest BCUT2D eigenvalue weighted by Crippen LogP contribution is 2.49. The third-order valence-corrected chi connectivity index (χ3v) is 22.3. The Morgan fingerprint density at radius 1 is 0.422 bits per heavy atom. The molecule has 0 aliphatic carbocycles. The van der Waals surface area contributed by atoms with Crippen molar-refractivity contribution < 1.29 is 96.6 Å². The molecule has 0 spiro atoms. The number of phosphoric acid groups is 1. The second kappa shape index (κ2) is 49.7. The number of ketones is 4. The number of benzene rings is 9. The van der Waals surface area contributed by atoms with Crippen molar-refractivity contribution in [3.05, 3.63) is 339 Å². The van der Waals surface area contributed by atoms with Crippen LogP contribution in [0.3, 0.4) is 0 Å². The zero-order valence-electron chi connectivity index (χ0n) is 75.6. The monoisotopic (exact) mass is 1870 g/mol. The molecule has 706 valence electrons. The summed E-state index contributed by atoms with van der Waals surface area (Å²) >= 11 is 0. The number of carbonyl (C=O) groups excluding carboxylic acids is 6. The van der Waals surface area contributed by atoms with Gasteiger partial charge in [0.25, 0.3) is 0 Å². The van der Waals surface area contributed by atoms with Crippen molar-refractivity contribution in [3.8, 4) is 34.2 Å². The smallest absolute Gasteiger partial charge is 0.465 e. The molecule has 0 atom stereocenters. The van der Waals surface area contributed by atoms with E-state index in [0.29, 0.717) is 108 Å². The molecule has 135 heavy (non-hydrogen) atoms. The second-order valence-corrected chi connectivity index (χ2v) is 34.1. The number of ether oxygens (including phenoxy) is 4. The Bertz CT molecular complexity index is 6170. The van der Waals surface area contributed by atoms with Crippen LogP contribution in [0.2, 0.25) is 0 Å². The maximum Gasteiger partial charge on any atom is 0.474 e. The number of carbonyl (C=O) groups is 6. The Hall–Kier alpha value is -13.9. The van der Waals surface area contributed by atoms with Gasteiger partial charge in [0, 0.05) is 83.1 Å². The van der Waals surface area contributed by atoms with E-state index < -0.39 is 37.3 Å². The number of esters is 2. The molecule has 13 aromatic rings. The molecule has 0 unspecified atom stereocenters. The summed E-state index contributed by atoms with van der Waals surface area (Å²) in [7, 11) is -3.53. The van der Waals surface area contributed by atoms with Crippen LogP contribution in [0.1, 0.15) is 144 Å². The standard InChI is InChI=1S/C30H24F3N3O5.C25H26F3N3O3.C24H30N3O5P.C22H24FN3O/c31-30(32,33)26-4-2-1-3-22(26)17-25(37)15-20-5-9-24(10-6-20)36-18-23(34-35-36)13-14-39-29(38)12-8-21-7-11-27-28(16-21)41-19-40-27;1-17(2)13-24(33)34-12-11-20-16-31(30-29-20)21-9-7-18(8-10-21)14-22(32)15-19-5-3-4-6-23(19)25(26,27)28;1-4-30-33(29,31-5-2)32-15-14-22-18-27(26-25-22)23-12-10-20(11-13-23)16-24(28)17-21-9-7-6-8-19(21)3;1-16(2)6-9-20-15-26(25-24-20)21-10-7-17(8-11-21)13-22(27)14-18-4-3-5-19(23)12-18/h1-12,16,18H,13-15,17,19H2;3-10,16-17H,11-15H2,1-2H3;6-13,18H,4-5,14-17H2,1-3H3;3-5,7-8,10-12,15-16H,6,9,13-14H2,1-2H3/b12-8+;;;. The molecule has 0 fully saturated rings.